The zero-order valence-electron chi connectivity index (χ0n) is 16.9. The molecule has 0 unspecified atom stereocenters. The summed E-state index contributed by atoms with van der Waals surface area (Å²) >= 11 is 0. The third-order valence-electron chi connectivity index (χ3n) is 4.46. The van der Waals surface area contributed by atoms with Crippen LogP contribution in [0.15, 0.2) is 66.7 Å². The fraction of sp³-hybridized carbons (Fsp3) is 0.227. The summed E-state index contributed by atoms with van der Waals surface area (Å²) in [4.78, 5) is 12.3. The van der Waals surface area contributed by atoms with Gasteiger partial charge in [-0.1, -0.05) is 42.5 Å². The molecule has 0 aliphatic rings. The van der Waals surface area contributed by atoms with Gasteiger partial charge >= 0.3 is 0 Å². The van der Waals surface area contributed by atoms with Crippen LogP contribution in [0, 0.1) is 0 Å². The maximum atomic E-state index is 12.3. The summed E-state index contributed by atoms with van der Waals surface area (Å²) in [6.07, 6.45) is 1.06. The molecule has 0 fully saturated rings. The van der Waals surface area contributed by atoms with E-state index in [1.807, 2.05) is 42.5 Å². The van der Waals surface area contributed by atoms with Crippen LogP contribution in [0.4, 0.5) is 5.69 Å². The van der Waals surface area contributed by atoms with Crippen molar-refractivity contribution in [3.8, 4) is 11.5 Å². The molecule has 1 amide bonds. The minimum absolute atomic E-state index is 0.248. The number of nitrogens with zero attached hydrogens (tertiary/aromatic N) is 1. The van der Waals surface area contributed by atoms with Crippen molar-refractivity contribution < 1.29 is 22.7 Å². The second kappa shape index (κ2) is 9.49. The number of amides is 1. The second-order valence-corrected chi connectivity index (χ2v) is 8.55. The van der Waals surface area contributed by atoms with Gasteiger partial charge in [-0.25, -0.2) is 8.42 Å². The SMILES string of the molecule is COc1cccc(N(CC(=O)NCCOc2cccc3ccccc23)S(C)(=O)=O)c1. The van der Waals surface area contributed by atoms with Crippen molar-refractivity contribution in [2.45, 2.75) is 0 Å². The zero-order valence-corrected chi connectivity index (χ0v) is 17.7. The molecule has 0 spiro atoms. The highest BCUT2D eigenvalue weighted by atomic mass is 32.2. The summed E-state index contributed by atoms with van der Waals surface area (Å²) in [6.45, 7) is 0.176. The van der Waals surface area contributed by atoms with Gasteiger partial charge in [0.25, 0.3) is 0 Å². The normalized spacial score (nSPS) is 11.1. The van der Waals surface area contributed by atoms with Crippen molar-refractivity contribution in [2.75, 3.05) is 37.4 Å². The van der Waals surface area contributed by atoms with E-state index in [1.54, 1.807) is 24.3 Å². The molecule has 0 aromatic heterocycles. The summed E-state index contributed by atoms with van der Waals surface area (Å²) in [7, 11) is -2.16. The molecule has 0 aliphatic heterocycles. The molecule has 0 saturated heterocycles. The van der Waals surface area contributed by atoms with E-state index < -0.39 is 15.9 Å². The number of methoxy groups -OCH3 is 1. The van der Waals surface area contributed by atoms with Gasteiger partial charge in [-0.05, 0) is 23.6 Å². The van der Waals surface area contributed by atoms with E-state index in [1.165, 1.54) is 7.11 Å². The Morgan fingerprint density at radius 2 is 1.77 bits per heavy atom. The summed E-state index contributed by atoms with van der Waals surface area (Å²) < 4.78 is 36.3. The van der Waals surface area contributed by atoms with Crippen molar-refractivity contribution in [3.05, 3.63) is 66.7 Å². The van der Waals surface area contributed by atoms with Crippen LogP contribution in [0.2, 0.25) is 0 Å². The lowest BCUT2D eigenvalue weighted by atomic mass is 10.1. The summed E-state index contributed by atoms with van der Waals surface area (Å²) in [6, 6.07) is 20.2. The molecular weight excluding hydrogens is 404 g/mol. The van der Waals surface area contributed by atoms with Crippen LogP contribution in [-0.4, -0.2) is 47.4 Å². The molecular formula is C22H24N2O5S. The molecule has 0 aliphatic carbocycles. The minimum Gasteiger partial charge on any atom is -0.497 e. The first-order valence-electron chi connectivity index (χ1n) is 9.37. The predicted molar refractivity (Wildman–Crippen MR) is 118 cm³/mol. The molecule has 8 heteroatoms. The standard InChI is InChI=1S/C22H24N2O5S/c1-28-19-10-6-9-18(15-19)24(30(2,26)27)16-22(25)23-13-14-29-21-12-5-8-17-7-3-4-11-20(17)21/h3-12,15H,13-14,16H2,1-2H3,(H,23,25). The maximum Gasteiger partial charge on any atom is 0.240 e. The van der Waals surface area contributed by atoms with Gasteiger partial charge in [0.05, 0.1) is 25.6 Å². The lowest BCUT2D eigenvalue weighted by molar-refractivity contribution is -0.119. The lowest BCUT2D eigenvalue weighted by Gasteiger charge is -2.22. The van der Waals surface area contributed by atoms with Gasteiger partial charge in [0.2, 0.25) is 15.9 Å². The van der Waals surface area contributed by atoms with Crippen LogP contribution in [0.25, 0.3) is 10.8 Å². The molecule has 7 nitrogen and oxygen atoms in total. The largest absolute Gasteiger partial charge is 0.497 e. The highest BCUT2D eigenvalue weighted by Crippen LogP contribution is 2.25. The van der Waals surface area contributed by atoms with E-state index in [2.05, 4.69) is 5.32 Å². The van der Waals surface area contributed by atoms with Gasteiger partial charge in [-0.2, -0.15) is 0 Å². The number of hydrogen-bond acceptors (Lipinski definition) is 5. The molecule has 1 N–H and O–H groups in total. The molecule has 0 bridgehead atoms. The quantitative estimate of drug-likeness (QED) is 0.530. The highest BCUT2D eigenvalue weighted by Gasteiger charge is 2.21. The fourth-order valence-electron chi connectivity index (χ4n) is 3.02. The highest BCUT2D eigenvalue weighted by molar-refractivity contribution is 7.92. The van der Waals surface area contributed by atoms with Crippen LogP contribution in [0.1, 0.15) is 0 Å². The number of carbonyl (C=O) groups is 1. The van der Waals surface area contributed by atoms with Gasteiger partial charge in [0.15, 0.2) is 0 Å². The Labute approximate surface area is 176 Å². The van der Waals surface area contributed by atoms with E-state index >= 15 is 0 Å². The van der Waals surface area contributed by atoms with E-state index in [4.69, 9.17) is 9.47 Å². The first-order chi connectivity index (χ1) is 14.4. The summed E-state index contributed by atoms with van der Waals surface area (Å²) in [5.41, 5.74) is 0.360. The van der Waals surface area contributed by atoms with E-state index in [0.29, 0.717) is 11.4 Å². The number of fused-ring (bicyclic) bond motifs is 1. The average Bonchev–Trinajstić information content (AvgIpc) is 2.74. The molecule has 158 valence electrons. The average molecular weight is 429 g/mol. The number of sulfonamides is 1. The third-order valence-corrected chi connectivity index (χ3v) is 5.60. The predicted octanol–water partition coefficient (Wildman–Crippen LogP) is 2.81. The molecule has 0 heterocycles. The molecule has 3 rings (SSSR count). The van der Waals surface area contributed by atoms with Crippen LogP contribution >= 0.6 is 0 Å². The Morgan fingerprint density at radius 1 is 1.03 bits per heavy atom. The molecule has 3 aromatic carbocycles. The number of anilines is 1. The third kappa shape index (κ3) is 5.42. The number of ether oxygens (including phenoxy) is 2. The van der Waals surface area contributed by atoms with E-state index in [9.17, 15) is 13.2 Å². The van der Waals surface area contributed by atoms with Gasteiger partial charge in [-0.15, -0.1) is 0 Å². The van der Waals surface area contributed by atoms with Crippen LogP contribution in [0.3, 0.4) is 0 Å². The van der Waals surface area contributed by atoms with Crippen molar-refractivity contribution in [1.29, 1.82) is 0 Å². The number of carbonyl (C=O) groups excluding carboxylic acids is 1. The number of nitrogens with one attached hydrogen (secondary N) is 1. The lowest BCUT2D eigenvalue weighted by Crippen LogP contribution is -2.41. The Bertz CT molecular complexity index is 1130. The first-order valence-corrected chi connectivity index (χ1v) is 11.2. The van der Waals surface area contributed by atoms with Crippen molar-refractivity contribution in [2.24, 2.45) is 0 Å². The molecule has 0 saturated carbocycles. The van der Waals surface area contributed by atoms with Crippen LogP contribution in [0.5, 0.6) is 11.5 Å². The van der Waals surface area contributed by atoms with Crippen molar-refractivity contribution in [3.63, 3.8) is 0 Å². The van der Waals surface area contributed by atoms with Gasteiger partial charge in [-0.3, -0.25) is 9.10 Å². The monoisotopic (exact) mass is 428 g/mol. The topological polar surface area (TPSA) is 84.9 Å². The van der Waals surface area contributed by atoms with Crippen molar-refractivity contribution >= 4 is 32.4 Å². The Kier molecular flexibility index (Phi) is 6.79. The van der Waals surface area contributed by atoms with E-state index in [0.717, 1.165) is 27.1 Å². The second-order valence-electron chi connectivity index (χ2n) is 6.65. The molecule has 30 heavy (non-hydrogen) atoms. The first kappa shape index (κ1) is 21.4. The summed E-state index contributed by atoms with van der Waals surface area (Å²) in [5, 5.41) is 4.76. The van der Waals surface area contributed by atoms with Gasteiger partial charge in [0, 0.05) is 11.5 Å². The fourth-order valence-corrected chi connectivity index (χ4v) is 3.87. The van der Waals surface area contributed by atoms with E-state index in [-0.39, 0.29) is 19.7 Å². The smallest absolute Gasteiger partial charge is 0.240 e. The van der Waals surface area contributed by atoms with Gasteiger partial charge < -0.3 is 14.8 Å². The number of benzene rings is 3. The Hall–Kier alpha value is -3.26. The Balaban J connectivity index is 1.58. The minimum atomic E-state index is -3.65. The van der Waals surface area contributed by atoms with Crippen molar-refractivity contribution in [1.82, 2.24) is 5.32 Å². The maximum absolute atomic E-state index is 12.3. The number of hydrogen-bond donors (Lipinski definition) is 1. The molecule has 0 atom stereocenters. The van der Waals surface area contributed by atoms with Crippen LogP contribution in [-0.2, 0) is 14.8 Å². The molecule has 3 aromatic rings. The Morgan fingerprint density at radius 3 is 2.53 bits per heavy atom. The van der Waals surface area contributed by atoms with Crippen LogP contribution < -0.4 is 19.1 Å². The number of rotatable bonds is 9. The summed E-state index contributed by atoms with van der Waals surface area (Å²) in [5.74, 6) is 0.811. The molecule has 0 radical (unpaired) electrons. The zero-order chi connectivity index (χ0) is 21.6. The van der Waals surface area contributed by atoms with Gasteiger partial charge in [0.1, 0.15) is 24.7 Å².